The number of nitrogens with zero attached hydrogens (tertiary/aromatic N) is 2. The third-order valence-corrected chi connectivity index (χ3v) is 5.97. The molecule has 3 aromatic rings. The third-order valence-electron chi connectivity index (χ3n) is 4.51. The summed E-state index contributed by atoms with van der Waals surface area (Å²) in [6.07, 6.45) is 1.09. The molecule has 178 valence electrons. The van der Waals surface area contributed by atoms with E-state index in [-0.39, 0.29) is 23.6 Å². The maximum atomic E-state index is 12.3. The highest BCUT2D eigenvalue weighted by atomic mass is 35.5. The highest BCUT2D eigenvalue weighted by Crippen LogP contribution is 2.37. The normalized spacial score (nSPS) is 12.4. The topological polar surface area (TPSA) is 116 Å². The van der Waals surface area contributed by atoms with E-state index in [0.717, 1.165) is 10.4 Å². The van der Waals surface area contributed by atoms with Crippen LogP contribution in [0.3, 0.4) is 0 Å². The monoisotopic (exact) mass is 494 g/mol. The van der Waals surface area contributed by atoms with Crippen LogP contribution in [0, 0.1) is 12.8 Å². The number of hydrogen-bond donors (Lipinski definition) is 2. The molecular weight excluding hydrogens is 468 g/mol. The zero-order valence-corrected chi connectivity index (χ0v) is 20.7. The number of fused-ring (bicyclic) bond motifs is 1. The van der Waals surface area contributed by atoms with Gasteiger partial charge in [0.25, 0.3) is 0 Å². The molecule has 0 saturated heterocycles. The molecule has 3 rings (SSSR count). The molecule has 0 radical (unpaired) electrons. The largest absolute Gasteiger partial charge is 0.467 e. The molecule has 0 fully saturated rings. The average molecular weight is 495 g/mol. The predicted octanol–water partition coefficient (Wildman–Crippen LogP) is 5.24. The number of aryl methyl sites for hydroxylation is 1. The van der Waals surface area contributed by atoms with Gasteiger partial charge in [0.1, 0.15) is 16.1 Å². The van der Waals surface area contributed by atoms with Gasteiger partial charge in [-0.25, -0.2) is 14.6 Å². The van der Waals surface area contributed by atoms with Gasteiger partial charge in [-0.3, -0.25) is 0 Å². The number of alkyl carbamates (subject to hydrolysis) is 1. The zero-order valence-electron chi connectivity index (χ0n) is 19.2. The molecule has 9 nitrogen and oxygen atoms in total. The minimum Gasteiger partial charge on any atom is -0.467 e. The fourth-order valence-corrected chi connectivity index (χ4v) is 4.50. The molecule has 3 aromatic heterocycles. The molecule has 2 amide bonds. The lowest BCUT2D eigenvalue weighted by Gasteiger charge is -2.20. The van der Waals surface area contributed by atoms with Gasteiger partial charge in [-0.05, 0) is 69.3 Å². The summed E-state index contributed by atoms with van der Waals surface area (Å²) in [6, 6.07) is 3.48. The van der Waals surface area contributed by atoms with Crippen molar-refractivity contribution in [3.63, 3.8) is 0 Å². The number of hydrogen-bond acceptors (Lipinski definition) is 8. The van der Waals surface area contributed by atoms with Crippen molar-refractivity contribution in [2.45, 2.75) is 53.2 Å². The second-order valence-corrected chi connectivity index (χ2v) is 10.1. The number of nitrogens with one attached hydrogen (secondary N) is 2. The first-order chi connectivity index (χ1) is 15.5. The predicted molar refractivity (Wildman–Crippen MR) is 126 cm³/mol. The van der Waals surface area contributed by atoms with E-state index in [1.54, 1.807) is 12.1 Å². The van der Waals surface area contributed by atoms with Crippen molar-refractivity contribution < 1.29 is 23.5 Å². The van der Waals surface area contributed by atoms with Gasteiger partial charge in [0.05, 0.1) is 18.3 Å². The van der Waals surface area contributed by atoms with Crippen LogP contribution in [0.15, 0.2) is 22.8 Å². The Hall–Kier alpha value is -2.85. The van der Waals surface area contributed by atoms with Crippen LogP contribution in [0.1, 0.15) is 43.9 Å². The molecule has 0 aliphatic rings. The first kappa shape index (κ1) is 24.8. The molecule has 1 atom stereocenters. The fraction of sp³-hybridized carbons (Fsp3) is 0.455. The minimum atomic E-state index is -0.676. The number of aromatic nitrogens is 2. The van der Waals surface area contributed by atoms with Crippen LogP contribution in [-0.2, 0) is 17.7 Å². The number of carbonyl (C=O) groups is 2. The highest BCUT2D eigenvalue weighted by Gasteiger charge is 2.21. The van der Waals surface area contributed by atoms with Crippen LogP contribution in [0.25, 0.3) is 10.2 Å². The number of thiophene rings is 1. The molecule has 2 N–H and O–H groups in total. The standard InChI is InChI=1S/C22H27ClN4O5S/c1-12(10-24-21(29)32-22(3,4)5)9-15-13(2)16-17(33-15)18(27-19(23)26-16)31-20(28)25-11-14-7-6-8-30-14/h6-8,12H,9-11H2,1-5H3,(H,24,29)(H,25,28). The number of halogens is 1. The number of furan rings is 1. The number of ether oxygens (including phenoxy) is 2. The summed E-state index contributed by atoms with van der Waals surface area (Å²) in [7, 11) is 0. The summed E-state index contributed by atoms with van der Waals surface area (Å²) in [4.78, 5) is 33.6. The van der Waals surface area contributed by atoms with Crippen LogP contribution >= 0.6 is 22.9 Å². The molecule has 0 saturated carbocycles. The Kier molecular flexibility index (Phi) is 7.80. The van der Waals surface area contributed by atoms with Crippen molar-refractivity contribution in [2.75, 3.05) is 6.54 Å². The van der Waals surface area contributed by atoms with Crippen molar-refractivity contribution in [3.8, 4) is 5.88 Å². The quantitative estimate of drug-likeness (QED) is 0.431. The molecule has 11 heteroatoms. The Labute approximate surface area is 200 Å². The molecular formula is C22H27ClN4O5S. The number of rotatable bonds is 7. The van der Waals surface area contributed by atoms with E-state index in [0.29, 0.717) is 28.9 Å². The van der Waals surface area contributed by atoms with E-state index >= 15 is 0 Å². The van der Waals surface area contributed by atoms with Gasteiger partial charge in [-0.15, -0.1) is 11.3 Å². The van der Waals surface area contributed by atoms with Crippen LogP contribution < -0.4 is 15.4 Å². The van der Waals surface area contributed by atoms with E-state index in [1.807, 2.05) is 34.6 Å². The smallest absolute Gasteiger partial charge is 0.414 e. The zero-order chi connectivity index (χ0) is 24.2. The van der Waals surface area contributed by atoms with Crippen LogP contribution in [0.4, 0.5) is 9.59 Å². The Bertz CT molecular complexity index is 1120. The van der Waals surface area contributed by atoms with E-state index in [4.69, 9.17) is 25.5 Å². The molecule has 0 aromatic carbocycles. The lowest BCUT2D eigenvalue weighted by atomic mass is 10.0. The second-order valence-electron chi connectivity index (χ2n) is 8.64. The van der Waals surface area contributed by atoms with Crippen molar-refractivity contribution in [3.05, 3.63) is 39.9 Å². The van der Waals surface area contributed by atoms with Gasteiger partial charge in [0.15, 0.2) is 0 Å². The Morgan fingerprint density at radius 2 is 2.00 bits per heavy atom. The van der Waals surface area contributed by atoms with Crippen molar-refractivity contribution in [1.82, 2.24) is 20.6 Å². The van der Waals surface area contributed by atoms with E-state index in [2.05, 4.69) is 20.6 Å². The lowest BCUT2D eigenvalue weighted by Crippen LogP contribution is -2.35. The Morgan fingerprint density at radius 1 is 1.24 bits per heavy atom. The Morgan fingerprint density at radius 3 is 2.67 bits per heavy atom. The minimum absolute atomic E-state index is 0.0107. The maximum Gasteiger partial charge on any atom is 0.414 e. The van der Waals surface area contributed by atoms with Crippen molar-refractivity contribution in [1.29, 1.82) is 0 Å². The van der Waals surface area contributed by atoms with Crippen LogP contribution in [0.5, 0.6) is 5.88 Å². The van der Waals surface area contributed by atoms with E-state index in [9.17, 15) is 9.59 Å². The summed E-state index contributed by atoms with van der Waals surface area (Å²) < 4.78 is 16.5. The van der Waals surface area contributed by atoms with Gasteiger partial charge >= 0.3 is 12.2 Å². The van der Waals surface area contributed by atoms with Gasteiger partial charge < -0.3 is 24.5 Å². The lowest BCUT2D eigenvalue weighted by molar-refractivity contribution is 0.0520. The van der Waals surface area contributed by atoms with Crippen molar-refractivity contribution in [2.24, 2.45) is 5.92 Å². The maximum absolute atomic E-state index is 12.3. The van der Waals surface area contributed by atoms with Gasteiger partial charge in [-0.2, -0.15) is 4.98 Å². The third kappa shape index (κ3) is 7.06. The number of amides is 2. The molecule has 1 unspecified atom stereocenters. The molecule has 0 spiro atoms. The fourth-order valence-electron chi connectivity index (χ4n) is 3.00. The summed E-state index contributed by atoms with van der Waals surface area (Å²) in [5, 5.41) is 5.39. The van der Waals surface area contributed by atoms with Crippen molar-refractivity contribution >= 4 is 45.3 Å². The molecule has 3 heterocycles. The van der Waals surface area contributed by atoms with E-state index < -0.39 is 17.8 Å². The van der Waals surface area contributed by atoms with Crippen LogP contribution in [0.2, 0.25) is 5.28 Å². The summed E-state index contributed by atoms with van der Waals surface area (Å²) in [5.74, 6) is 0.829. The first-order valence-corrected chi connectivity index (χ1v) is 11.6. The Balaban J connectivity index is 1.68. The molecule has 0 aliphatic carbocycles. The molecule has 0 bridgehead atoms. The molecule has 33 heavy (non-hydrogen) atoms. The van der Waals surface area contributed by atoms with E-state index in [1.165, 1.54) is 17.6 Å². The van der Waals surface area contributed by atoms with Gasteiger partial charge in [-0.1, -0.05) is 6.92 Å². The number of carbonyl (C=O) groups excluding carboxylic acids is 2. The summed E-state index contributed by atoms with van der Waals surface area (Å²) >= 11 is 7.52. The van der Waals surface area contributed by atoms with Gasteiger partial charge in [0, 0.05) is 11.4 Å². The first-order valence-electron chi connectivity index (χ1n) is 10.4. The second kappa shape index (κ2) is 10.4. The molecule has 0 aliphatic heterocycles. The van der Waals surface area contributed by atoms with Crippen LogP contribution in [-0.4, -0.2) is 34.3 Å². The highest BCUT2D eigenvalue weighted by molar-refractivity contribution is 7.19. The average Bonchev–Trinajstić information content (AvgIpc) is 3.33. The van der Waals surface area contributed by atoms with Gasteiger partial charge in [0.2, 0.25) is 11.2 Å². The SMILES string of the molecule is Cc1c(CC(C)CNC(=O)OC(C)(C)C)sc2c(OC(=O)NCc3ccco3)nc(Cl)nc12. The summed E-state index contributed by atoms with van der Waals surface area (Å²) in [6.45, 7) is 10.1. The summed E-state index contributed by atoms with van der Waals surface area (Å²) in [5.41, 5.74) is 1.02.